The van der Waals surface area contributed by atoms with Gasteiger partial charge in [0, 0.05) is 20.1 Å². The lowest BCUT2D eigenvalue weighted by atomic mass is 10.2. The van der Waals surface area contributed by atoms with Crippen molar-refractivity contribution < 1.29 is 9.53 Å². The minimum absolute atomic E-state index is 0.132. The lowest BCUT2D eigenvalue weighted by Crippen LogP contribution is -2.34. The number of para-hydroxylation sites is 1. The van der Waals surface area contributed by atoms with Gasteiger partial charge < -0.3 is 14.2 Å². The van der Waals surface area contributed by atoms with Crippen LogP contribution < -0.4 is 4.74 Å². The Bertz CT molecular complexity index is 849. The molecule has 0 spiro atoms. The summed E-state index contributed by atoms with van der Waals surface area (Å²) in [5.74, 6) is 1.37. The maximum absolute atomic E-state index is 12.4. The fourth-order valence-corrected chi connectivity index (χ4v) is 3.27. The molecule has 9 heteroatoms. The van der Waals surface area contributed by atoms with Crippen molar-refractivity contribution in [2.45, 2.75) is 18.0 Å². The number of carbonyl (C=O) groups excluding carboxylic acids is 1. The van der Waals surface area contributed by atoms with E-state index in [1.54, 1.807) is 7.11 Å². The monoisotopic (exact) mass is 384 g/mol. The number of methoxy groups -OCH3 is 1. The molecule has 0 bridgehead atoms. The lowest BCUT2D eigenvalue weighted by Gasteiger charge is -2.19. The Kier molecular flexibility index (Phi) is 7.65. The van der Waals surface area contributed by atoms with Crippen molar-refractivity contribution in [1.29, 1.82) is 10.5 Å². The van der Waals surface area contributed by atoms with Gasteiger partial charge in [0.2, 0.25) is 5.91 Å². The summed E-state index contributed by atoms with van der Waals surface area (Å²) in [6.07, 6.45) is 0.480. The first-order chi connectivity index (χ1) is 13.1. The minimum Gasteiger partial charge on any atom is -0.496 e. The van der Waals surface area contributed by atoms with Crippen molar-refractivity contribution >= 4 is 17.7 Å². The minimum atomic E-state index is -0.132. The van der Waals surface area contributed by atoms with Crippen molar-refractivity contribution in [2.24, 2.45) is 7.05 Å². The molecule has 0 saturated carbocycles. The highest BCUT2D eigenvalue weighted by Crippen LogP contribution is 2.30. The van der Waals surface area contributed by atoms with Gasteiger partial charge >= 0.3 is 0 Å². The molecule has 1 aromatic carbocycles. The molecule has 27 heavy (non-hydrogen) atoms. The van der Waals surface area contributed by atoms with Crippen LogP contribution in [0, 0.1) is 22.7 Å². The molecule has 0 saturated heterocycles. The summed E-state index contributed by atoms with van der Waals surface area (Å²) in [5.41, 5.74) is 0.817. The van der Waals surface area contributed by atoms with Gasteiger partial charge in [0.15, 0.2) is 11.0 Å². The Morgan fingerprint density at radius 2 is 1.89 bits per heavy atom. The molecule has 2 aromatic rings. The second kappa shape index (κ2) is 10.2. The summed E-state index contributed by atoms with van der Waals surface area (Å²) in [7, 11) is 3.43. The van der Waals surface area contributed by atoms with Crippen LogP contribution in [0.1, 0.15) is 12.8 Å². The Balaban J connectivity index is 2.08. The van der Waals surface area contributed by atoms with Crippen molar-refractivity contribution in [1.82, 2.24) is 19.7 Å². The van der Waals surface area contributed by atoms with E-state index in [4.69, 9.17) is 15.3 Å². The van der Waals surface area contributed by atoms with Crippen molar-refractivity contribution in [3.05, 3.63) is 24.3 Å². The molecular formula is C18H20N6O2S. The Labute approximate surface area is 162 Å². The van der Waals surface area contributed by atoms with Crippen LogP contribution in [0.5, 0.6) is 5.75 Å². The first-order valence-electron chi connectivity index (χ1n) is 8.29. The smallest absolute Gasteiger partial charge is 0.233 e. The first kappa shape index (κ1) is 20.3. The normalized spacial score (nSPS) is 10.1. The number of benzene rings is 1. The Morgan fingerprint density at radius 1 is 1.22 bits per heavy atom. The largest absolute Gasteiger partial charge is 0.496 e. The zero-order valence-corrected chi connectivity index (χ0v) is 16.1. The van der Waals surface area contributed by atoms with E-state index >= 15 is 0 Å². The van der Waals surface area contributed by atoms with E-state index in [0.717, 1.165) is 5.56 Å². The number of hydrogen-bond acceptors (Lipinski definition) is 7. The topological polar surface area (TPSA) is 108 Å². The number of hydrogen-bond donors (Lipinski definition) is 0. The summed E-state index contributed by atoms with van der Waals surface area (Å²) in [4.78, 5) is 14.0. The van der Waals surface area contributed by atoms with Crippen molar-refractivity contribution in [2.75, 3.05) is 26.0 Å². The van der Waals surface area contributed by atoms with Gasteiger partial charge in [0.05, 0.1) is 43.4 Å². The van der Waals surface area contributed by atoms with E-state index in [1.807, 2.05) is 48.0 Å². The average molecular weight is 384 g/mol. The number of rotatable bonds is 9. The second-order valence-corrected chi connectivity index (χ2v) is 6.49. The molecule has 0 radical (unpaired) electrons. The zero-order valence-electron chi connectivity index (χ0n) is 15.3. The van der Waals surface area contributed by atoms with Crippen LogP contribution in [-0.4, -0.2) is 51.5 Å². The van der Waals surface area contributed by atoms with Gasteiger partial charge in [0.1, 0.15) is 5.75 Å². The number of nitriles is 2. The van der Waals surface area contributed by atoms with E-state index in [2.05, 4.69) is 10.2 Å². The van der Waals surface area contributed by atoms with E-state index < -0.39 is 0 Å². The van der Waals surface area contributed by atoms with Crippen LogP contribution >= 0.6 is 11.8 Å². The first-order valence-corrected chi connectivity index (χ1v) is 9.28. The van der Waals surface area contributed by atoms with Gasteiger partial charge in [0.25, 0.3) is 0 Å². The van der Waals surface area contributed by atoms with Gasteiger partial charge in [-0.15, -0.1) is 10.2 Å². The summed E-state index contributed by atoms with van der Waals surface area (Å²) in [6.45, 7) is 0.645. The highest BCUT2D eigenvalue weighted by molar-refractivity contribution is 7.99. The molecule has 0 aliphatic rings. The Morgan fingerprint density at radius 3 is 2.52 bits per heavy atom. The fourth-order valence-electron chi connectivity index (χ4n) is 2.45. The van der Waals surface area contributed by atoms with Crippen LogP contribution in [0.4, 0.5) is 0 Å². The highest BCUT2D eigenvalue weighted by Gasteiger charge is 2.18. The summed E-state index contributed by atoms with van der Waals surface area (Å²) in [5, 5.41) is 26.4. The highest BCUT2D eigenvalue weighted by atomic mass is 32.2. The SMILES string of the molecule is COc1ccccc1-c1nnc(SCC(=O)N(CCC#N)CCC#N)n1C. The van der Waals surface area contributed by atoms with Crippen LogP contribution in [0.3, 0.4) is 0 Å². The molecule has 0 aliphatic heterocycles. The third-order valence-corrected chi connectivity index (χ3v) is 4.85. The molecular weight excluding hydrogens is 364 g/mol. The number of ether oxygens (including phenoxy) is 1. The lowest BCUT2D eigenvalue weighted by molar-refractivity contribution is -0.128. The van der Waals surface area contributed by atoms with Gasteiger partial charge in [-0.2, -0.15) is 10.5 Å². The fraction of sp³-hybridized carbons (Fsp3) is 0.389. The molecule has 0 unspecified atom stereocenters. The van der Waals surface area contributed by atoms with E-state index in [9.17, 15) is 4.79 Å². The van der Waals surface area contributed by atoms with Gasteiger partial charge in [-0.05, 0) is 12.1 Å². The summed E-state index contributed by atoms with van der Waals surface area (Å²) < 4.78 is 7.18. The Hall–Kier alpha value is -3.04. The number of nitrogens with zero attached hydrogens (tertiary/aromatic N) is 6. The number of amides is 1. The van der Waals surface area contributed by atoms with Gasteiger partial charge in [-0.3, -0.25) is 4.79 Å². The van der Waals surface area contributed by atoms with Gasteiger partial charge in [-0.25, -0.2) is 0 Å². The van der Waals surface area contributed by atoms with Crippen molar-refractivity contribution in [3.63, 3.8) is 0 Å². The molecule has 1 amide bonds. The van der Waals surface area contributed by atoms with Gasteiger partial charge in [-0.1, -0.05) is 23.9 Å². The molecule has 0 aliphatic carbocycles. The molecule has 0 fully saturated rings. The number of aromatic nitrogens is 3. The third kappa shape index (κ3) is 5.22. The van der Waals surface area contributed by atoms with E-state index in [1.165, 1.54) is 16.7 Å². The van der Waals surface area contributed by atoms with Crippen LogP contribution in [-0.2, 0) is 11.8 Å². The van der Waals surface area contributed by atoms with Crippen LogP contribution in [0.2, 0.25) is 0 Å². The quantitative estimate of drug-likeness (QED) is 0.610. The molecule has 0 N–H and O–H groups in total. The number of thioether (sulfide) groups is 1. The van der Waals surface area contributed by atoms with Crippen LogP contribution in [0.25, 0.3) is 11.4 Å². The van der Waals surface area contributed by atoms with Crippen LogP contribution in [0.15, 0.2) is 29.4 Å². The standard InChI is InChI=1S/C18H20N6O2S/c1-23-17(14-7-3-4-8-15(14)26-2)21-22-18(23)27-13-16(25)24(11-5-9-19)12-6-10-20/h3-4,7-8H,5-6,11-13H2,1-2H3. The molecule has 1 aromatic heterocycles. The second-order valence-electron chi connectivity index (χ2n) is 5.55. The third-order valence-electron chi connectivity index (χ3n) is 3.85. The van der Waals surface area contributed by atoms with E-state index in [0.29, 0.717) is 29.8 Å². The molecule has 8 nitrogen and oxygen atoms in total. The summed E-state index contributed by atoms with van der Waals surface area (Å²) >= 11 is 1.27. The zero-order chi connectivity index (χ0) is 19.6. The average Bonchev–Trinajstić information content (AvgIpc) is 3.06. The predicted octanol–water partition coefficient (Wildman–Crippen LogP) is 2.24. The molecule has 140 valence electrons. The maximum atomic E-state index is 12.4. The predicted molar refractivity (Wildman–Crippen MR) is 101 cm³/mol. The molecule has 0 atom stereocenters. The number of carbonyl (C=O) groups is 1. The molecule has 1 heterocycles. The maximum Gasteiger partial charge on any atom is 0.233 e. The van der Waals surface area contributed by atoms with E-state index in [-0.39, 0.29) is 24.5 Å². The van der Waals surface area contributed by atoms with Crippen molar-refractivity contribution in [3.8, 4) is 29.3 Å². The molecule has 2 rings (SSSR count). The summed E-state index contributed by atoms with van der Waals surface area (Å²) in [6, 6.07) is 11.6.